The van der Waals surface area contributed by atoms with Crippen LogP contribution in [0.5, 0.6) is 0 Å². The maximum Gasteiger partial charge on any atom is 0.240 e. The number of carbonyl (C=O) groups excluding carboxylic acids is 1. The molecule has 0 aromatic carbocycles. The number of ether oxygens (including phenoxy) is 2. The number of thioether (sulfide) groups is 1. The summed E-state index contributed by atoms with van der Waals surface area (Å²) in [5.41, 5.74) is 5.13. The van der Waals surface area contributed by atoms with Gasteiger partial charge < -0.3 is 41.2 Å². The topological polar surface area (TPSA) is 146 Å². The van der Waals surface area contributed by atoms with E-state index in [0.29, 0.717) is 43.7 Å². The van der Waals surface area contributed by atoms with E-state index >= 15 is 0 Å². The summed E-state index contributed by atoms with van der Waals surface area (Å²) in [7, 11) is 0. The van der Waals surface area contributed by atoms with Gasteiger partial charge in [-0.25, -0.2) is 0 Å². The van der Waals surface area contributed by atoms with Gasteiger partial charge >= 0.3 is 0 Å². The van der Waals surface area contributed by atoms with Gasteiger partial charge in [0.15, 0.2) is 0 Å². The van der Waals surface area contributed by atoms with E-state index in [4.69, 9.17) is 15.2 Å². The number of nitrogens with one attached hydrogen (secondary N) is 2. The molecular weight excluding hydrogens is 470 g/mol. The Morgan fingerprint density at radius 1 is 1.17 bits per heavy atom. The van der Waals surface area contributed by atoms with Crippen molar-refractivity contribution >= 4 is 17.7 Å². The molecule has 4 heterocycles. The van der Waals surface area contributed by atoms with E-state index in [1.165, 1.54) is 18.2 Å². The third-order valence-corrected chi connectivity index (χ3v) is 9.26. The van der Waals surface area contributed by atoms with E-state index < -0.39 is 41.9 Å². The van der Waals surface area contributed by atoms with Crippen LogP contribution in [0.4, 0.5) is 0 Å². The first-order valence-corrected chi connectivity index (χ1v) is 14.1. The summed E-state index contributed by atoms with van der Waals surface area (Å²) in [6, 6.07) is -1.03. The van der Waals surface area contributed by atoms with Crippen molar-refractivity contribution in [2.45, 2.75) is 99.2 Å². The van der Waals surface area contributed by atoms with Crippen molar-refractivity contribution in [1.29, 1.82) is 0 Å². The molecule has 3 saturated heterocycles. The van der Waals surface area contributed by atoms with Crippen LogP contribution in [0.25, 0.3) is 0 Å². The molecule has 4 rings (SSSR count). The molecule has 0 radical (unpaired) electrons. The Hall–Kier alpha value is -0.720. The second-order valence-electron chi connectivity index (χ2n) is 11.0. The number of hydrogen-bond acceptors (Lipinski definition) is 9. The number of carbonyl (C=O) groups is 1. The van der Waals surface area contributed by atoms with E-state index in [1.54, 1.807) is 0 Å². The molecule has 200 valence electrons. The summed E-state index contributed by atoms with van der Waals surface area (Å²) in [5.74, 6) is 1.37. The highest BCUT2D eigenvalue weighted by molar-refractivity contribution is 8.00. The summed E-state index contributed by atoms with van der Waals surface area (Å²) < 4.78 is 12.3. The van der Waals surface area contributed by atoms with Gasteiger partial charge in [-0.1, -0.05) is 26.0 Å². The van der Waals surface area contributed by atoms with Gasteiger partial charge in [0.25, 0.3) is 0 Å². The van der Waals surface area contributed by atoms with E-state index in [1.807, 2.05) is 12.2 Å². The Labute approximate surface area is 212 Å². The van der Waals surface area contributed by atoms with Gasteiger partial charge in [-0.15, -0.1) is 11.8 Å². The molecule has 0 spiro atoms. The molecule has 0 saturated carbocycles. The number of allylic oxidation sites excluding steroid dienone is 1. The van der Waals surface area contributed by atoms with Crippen LogP contribution in [0.15, 0.2) is 12.2 Å². The highest BCUT2D eigenvalue weighted by Crippen LogP contribution is 2.36. The maximum absolute atomic E-state index is 13.5. The Bertz CT molecular complexity index is 742. The van der Waals surface area contributed by atoms with Crippen LogP contribution in [0.1, 0.15) is 46.0 Å². The number of hydrogen-bond donors (Lipinski definition) is 6. The van der Waals surface area contributed by atoms with Crippen LogP contribution < -0.4 is 16.4 Å². The lowest BCUT2D eigenvalue weighted by Crippen LogP contribution is -2.64. The van der Waals surface area contributed by atoms with Crippen LogP contribution in [0.2, 0.25) is 0 Å². The Morgan fingerprint density at radius 2 is 1.94 bits per heavy atom. The molecule has 9 nitrogen and oxygen atoms in total. The summed E-state index contributed by atoms with van der Waals surface area (Å²) in [6.07, 6.45) is 3.39. The second kappa shape index (κ2) is 12.2. The van der Waals surface area contributed by atoms with Crippen molar-refractivity contribution in [3.63, 3.8) is 0 Å². The SMILES string of the molecule is CC(C)C[C@@H]1CCO[C@@H]2[C@H](CN[C@@H]2C(=O)N[C@@H]2CC=CC[C@H](CN)S[C@H]3O[C@H]2[C@H](O)[C@H](O)[C@H]3O)C1. The largest absolute Gasteiger partial charge is 0.388 e. The van der Waals surface area contributed by atoms with Crippen molar-refractivity contribution < 1.29 is 29.6 Å². The molecule has 7 N–H and O–H groups in total. The molecular formula is C25H43N3O6S. The summed E-state index contributed by atoms with van der Waals surface area (Å²) in [5, 5.41) is 38.3. The molecule has 4 aliphatic rings. The van der Waals surface area contributed by atoms with E-state index in [-0.39, 0.29) is 17.3 Å². The predicted molar refractivity (Wildman–Crippen MR) is 135 cm³/mol. The van der Waals surface area contributed by atoms with Crippen molar-refractivity contribution in [2.75, 3.05) is 19.7 Å². The first-order valence-electron chi connectivity index (χ1n) is 13.1. The minimum atomic E-state index is -1.37. The predicted octanol–water partition coefficient (Wildman–Crippen LogP) is 0.119. The molecule has 0 unspecified atom stereocenters. The maximum atomic E-state index is 13.5. The van der Waals surface area contributed by atoms with Crippen LogP contribution in [0.3, 0.4) is 0 Å². The molecule has 11 atom stereocenters. The summed E-state index contributed by atoms with van der Waals surface area (Å²) >= 11 is 1.36. The Balaban J connectivity index is 1.46. The van der Waals surface area contributed by atoms with Crippen molar-refractivity contribution in [3.8, 4) is 0 Å². The molecule has 4 aliphatic heterocycles. The van der Waals surface area contributed by atoms with E-state index in [0.717, 1.165) is 19.4 Å². The Morgan fingerprint density at radius 3 is 2.69 bits per heavy atom. The number of aliphatic hydroxyl groups excluding tert-OH is 3. The van der Waals surface area contributed by atoms with Crippen LogP contribution >= 0.6 is 11.8 Å². The average Bonchev–Trinajstić information content (AvgIpc) is 3.11. The van der Waals surface area contributed by atoms with Crippen LogP contribution in [-0.2, 0) is 14.3 Å². The molecule has 2 bridgehead atoms. The number of fused-ring (bicyclic) bond motifs is 3. The summed E-state index contributed by atoms with van der Waals surface area (Å²) in [4.78, 5) is 13.5. The van der Waals surface area contributed by atoms with Gasteiger partial charge in [-0.05, 0) is 49.9 Å². The second-order valence-corrected chi connectivity index (χ2v) is 12.4. The number of amides is 1. The first-order chi connectivity index (χ1) is 16.8. The number of nitrogens with two attached hydrogens (primary N) is 1. The lowest BCUT2D eigenvalue weighted by molar-refractivity contribution is -0.205. The fourth-order valence-electron chi connectivity index (χ4n) is 6.03. The normalized spacial score (nSPS) is 44.5. The van der Waals surface area contributed by atoms with Gasteiger partial charge in [-0.3, -0.25) is 4.79 Å². The molecule has 3 fully saturated rings. The van der Waals surface area contributed by atoms with E-state index in [2.05, 4.69) is 24.5 Å². The highest BCUT2D eigenvalue weighted by Gasteiger charge is 2.49. The van der Waals surface area contributed by atoms with Gasteiger partial charge in [0.1, 0.15) is 35.9 Å². The standard InChI is InChI=1S/C25H43N3O6S/c1-13(2)9-14-7-8-33-22-15(10-14)12-27-18(22)24(32)28-17-6-4-3-5-16(11-26)35-25-21(31)19(29)20(30)23(17)34-25/h3-4,13-23,25,27,29-31H,5-12,26H2,1-2H3,(H,28,32)/t14-,15-,16+,17+,18-,19-,20+,21+,22+,23+,25+/m0/s1. The smallest absolute Gasteiger partial charge is 0.240 e. The fraction of sp³-hybridized carbons (Fsp3) is 0.880. The highest BCUT2D eigenvalue weighted by atomic mass is 32.2. The van der Waals surface area contributed by atoms with Crippen LogP contribution in [-0.4, -0.2) is 94.2 Å². The van der Waals surface area contributed by atoms with Gasteiger partial charge in [0.05, 0.1) is 12.1 Å². The monoisotopic (exact) mass is 513 g/mol. The Kier molecular flexibility index (Phi) is 9.53. The summed E-state index contributed by atoms with van der Waals surface area (Å²) in [6.45, 7) is 6.30. The third-order valence-electron chi connectivity index (χ3n) is 7.83. The molecule has 10 heteroatoms. The van der Waals surface area contributed by atoms with Gasteiger partial charge in [0.2, 0.25) is 5.91 Å². The number of aliphatic hydroxyl groups is 3. The number of rotatable bonds is 5. The minimum absolute atomic E-state index is 0.0201. The fourth-order valence-corrected chi connectivity index (χ4v) is 7.25. The quantitative estimate of drug-likeness (QED) is 0.282. The molecule has 0 aromatic rings. The minimum Gasteiger partial charge on any atom is -0.388 e. The molecule has 35 heavy (non-hydrogen) atoms. The lowest BCUT2D eigenvalue weighted by Gasteiger charge is -2.44. The lowest BCUT2D eigenvalue weighted by atomic mass is 9.85. The molecule has 0 aromatic heterocycles. The van der Waals surface area contributed by atoms with Crippen molar-refractivity contribution in [3.05, 3.63) is 12.2 Å². The van der Waals surface area contributed by atoms with Crippen molar-refractivity contribution in [2.24, 2.45) is 23.5 Å². The van der Waals surface area contributed by atoms with Crippen LogP contribution in [0, 0.1) is 17.8 Å². The molecule has 1 amide bonds. The first kappa shape index (κ1) is 27.3. The van der Waals surface area contributed by atoms with Crippen molar-refractivity contribution in [1.82, 2.24) is 10.6 Å². The van der Waals surface area contributed by atoms with E-state index in [9.17, 15) is 20.1 Å². The zero-order valence-electron chi connectivity index (χ0n) is 20.8. The van der Waals surface area contributed by atoms with Gasteiger partial charge in [-0.2, -0.15) is 0 Å². The zero-order valence-corrected chi connectivity index (χ0v) is 21.6. The molecule has 0 aliphatic carbocycles. The third kappa shape index (κ3) is 6.41. The average molecular weight is 514 g/mol. The van der Waals surface area contributed by atoms with Gasteiger partial charge in [0, 0.05) is 24.9 Å². The zero-order chi connectivity index (χ0) is 25.1.